The van der Waals surface area contributed by atoms with Gasteiger partial charge >= 0.3 is 6.09 Å². The fourth-order valence-corrected chi connectivity index (χ4v) is 1.94. The van der Waals surface area contributed by atoms with Gasteiger partial charge in [-0.2, -0.15) is 0 Å². The number of allylic oxidation sites excluding steroid dienone is 1. The number of rotatable bonds is 2. The van der Waals surface area contributed by atoms with Crippen LogP contribution in [0.4, 0.5) is 10.5 Å². The van der Waals surface area contributed by atoms with Gasteiger partial charge in [0, 0.05) is 5.69 Å². The first-order chi connectivity index (χ1) is 8.25. The van der Waals surface area contributed by atoms with E-state index < -0.39 is 0 Å². The first-order valence-corrected chi connectivity index (χ1v) is 5.95. The number of benzene rings is 1. The van der Waals surface area contributed by atoms with E-state index in [-0.39, 0.29) is 12.2 Å². The third-order valence-electron chi connectivity index (χ3n) is 2.91. The van der Waals surface area contributed by atoms with E-state index in [1.165, 1.54) is 0 Å². The normalized spacial score (nSPS) is 19.4. The lowest BCUT2D eigenvalue weighted by molar-refractivity contribution is 0.120. The highest BCUT2D eigenvalue weighted by Gasteiger charge is 2.18. The summed E-state index contributed by atoms with van der Waals surface area (Å²) in [5, 5.41) is 2.72. The maximum absolute atomic E-state index is 11.7. The number of para-hydroxylation sites is 1. The zero-order valence-corrected chi connectivity index (χ0v) is 9.98. The van der Waals surface area contributed by atoms with Gasteiger partial charge in [-0.15, -0.1) is 0 Å². The first-order valence-electron chi connectivity index (χ1n) is 5.95. The van der Waals surface area contributed by atoms with Crippen molar-refractivity contribution in [2.24, 2.45) is 0 Å². The molecule has 1 aromatic rings. The fourth-order valence-electron chi connectivity index (χ4n) is 1.94. The highest BCUT2D eigenvalue weighted by Crippen LogP contribution is 2.21. The SMILES string of the molecule is CC1=CCCC[C@H]1OC(=O)Nc1ccccc1. The van der Waals surface area contributed by atoms with Gasteiger partial charge in [0.15, 0.2) is 0 Å². The van der Waals surface area contributed by atoms with Crippen LogP contribution in [0.25, 0.3) is 0 Å². The molecule has 17 heavy (non-hydrogen) atoms. The Labute approximate surface area is 101 Å². The summed E-state index contributed by atoms with van der Waals surface area (Å²) < 4.78 is 5.39. The average molecular weight is 231 g/mol. The molecule has 0 unspecified atom stereocenters. The van der Waals surface area contributed by atoms with Crippen LogP contribution in [0.1, 0.15) is 26.2 Å². The number of ether oxygens (including phenoxy) is 1. The van der Waals surface area contributed by atoms with Crippen LogP contribution in [0.3, 0.4) is 0 Å². The van der Waals surface area contributed by atoms with Crippen molar-refractivity contribution in [3.05, 3.63) is 42.0 Å². The van der Waals surface area contributed by atoms with Crippen LogP contribution in [0.15, 0.2) is 42.0 Å². The number of nitrogens with one attached hydrogen (secondary N) is 1. The van der Waals surface area contributed by atoms with E-state index in [1.54, 1.807) is 0 Å². The van der Waals surface area contributed by atoms with Crippen molar-refractivity contribution in [1.82, 2.24) is 0 Å². The Hall–Kier alpha value is -1.77. The zero-order chi connectivity index (χ0) is 12.1. The number of hydrogen-bond acceptors (Lipinski definition) is 2. The van der Waals surface area contributed by atoms with Crippen LogP contribution >= 0.6 is 0 Å². The molecule has 1 amide bonds. The number of amides is 1. The summed E-state index contributed by atoms with van der Waals surface area (Å²) in [6, 6.07) is 9.34. The van der Waals surface area contributed by atoms with Crippen molar-refractivity contribution in [2.45, 2.75) is 32.3 Å². The molecule has 1 atom stereocenters. The van der Waals surface area contributed by atoms with Crippen LogP contribution in [-0.2, 0) is 4.74 Å². The van der Waals surface area contributed by atoms with E-state index in [4.69, 9.17) is 4.74 Å². The molecule has 1 N–H and O–H groups in total. The van der Waals surface area contributed by atoms with Gasteiger partial charge in [-0.25, -0.2) is 4.79 Å². The third-order valence-corrected chi connectivity index (χ3v) is 2.91. The summed E-state index contributed by atoms with van der Waals surface area (Å²) in [5.74, 6) is 0. The van der Waals surface area contributed by atoms with Crippen LogP contribution in [0, 0.1) is 0 Å². The molecule has 3 nitrogen and oxygen atoms in total. The third kappa shape index (κ3) is 3.34. The molecular weight excluding hydrogens is 214 g/mol. The summed E-state index contributed by atoms with van der Waals surface area (Å²) in [6.45, 7) is 2.01. The van der Waals surface area contributed by atoms with Gasteiger partial charge in [0.25, 0.3) is 0 Å². The lowest BCUT2D eigenvalue weighted by Gasteiger charge is -2.22. The summed E-state index contributed by atoms with van der Waals surface area (Å²) in [4.78, 5) is 11.7. The number of carbonyl (C=O) groups excluding carboxylic acids is 1. The largest absolute Gasteiger partial charge is 0.441 e. The Bertz CT molecular complexity index is 411. The van der Waals surface area contributed by atoms with Crippen molar-refractivity contribution in [2.75, 3.05) is 5.32 Å². The van der Waals surface area contributed by atoms with Gasteiger partial charge in [-0.1, -0.05) is 24.3 Å². The van der Waals surface area contributed by atoms with Crippen LogP contribution in [-0.4, -0.2) is 12.2 Å². The molecule has 1 aliphatic rings. The van der Waals surface area contributed by atoms with E-state index in [9.17, 15) is 4.79 Å². The molecule has 0 bridgehead atoms. The monoisotopic (exact) mass is 231 g/mol. The summed E-state index contributed by atoms with van der Waals surface area (Å²) in [5.41, 5.74) is 1.91. The second-order valence-corrected chi connectivity index (χ2v) is 4.26. The Morgan fingerprint density at radius 1 is 1.35 bits per heavy atom. The molecule has 0 heterocycles. The minimum absolute atomic E-state index is 0.0625. The number of anilines is 1. The summed E-state index contributed by atoms with van der Waals surface area (Å²) in [6.07, 6.45) is 4.80. The predicted octanol–water partition coefficient (Wildman–Crippen LogP) is 3.73. The molecule has 2 rings (SSSR count). The predicted molar refractivity (Wildman–Crippen MR) is 67.9 cm³/mol. The average Bonchev–Trinajstić information content (AvgIpc) is 2.33. The quantitative estimate of drug-likeness (QED) is 0.787. The molecule has 0 fully saturated rings. The molecule has 1 aromatic carbocycles. The Morgan fingerprint density at radius 3 is 2.82 bits per heavy atom. The first kappa shape index (κ1) is 11.7. The minimum atomic E-state index is -0.379. The lowest BCUT2D eigenvalue weighted by atomic mass is 9.98. The summed E-state index contributed by atoms with van der Waals surface area (Å²) in [7, 11) is 0. The van der Waals surface area contributed by atoms with Gasteiger partial charge in [-0.3, -0.25) is 5.32 Å². The second kappa shape index (κ2) is 5.53. The zero-order valence-electron chi connectivity index (χ0n) is 9.98. The highest BCUT2D eigenvalue weighted by molar-refractivity contribution is 5.84. The van der Waals surface area contributed by atoms with Crippen LogP contribution in [0.5, 0.6) is 0 Å². The second-order valence-electron chi connectivity index (χ2n) is 4.26. The van der Waals surface area contributed by atoms with Gasteiger partial charge in [-0.05, 0) is 43.9 Å². The van der Waals surface area contributed by atoms with Gasteiger partial charge < -0.3 is 4.74 Å². The van der Waals surface area contributed by atoms with Gasteiger partial charge in [0.1, 0.15) is 6.10 Å². The Balaban J connectivity index is 1.89. The maximum Gasteiger partial charge on any atom is 0.412 e. The maximum atomic E-state index is 11.7. The lowest BCUT2D eigenvalue weighted by Crippen LogP contribution is -2.24. The molecular formula is C14H17NO2. The van der Waals surface area contributed by atoms with Crippen molar-refractivity contribution < 1.29 is 9.53 Å². The van der Waals surface area contributed by atoms with Crippen LogP contribution < -0.4 is 5.32 Å². The van der Waals surface area contributed by atoms with Crippen molar-refractivity contribution in [3.8, 4) is 0 Å². The molecule has 0 spiro atoms. The molecule has 90 valence electrons. The highest BCUT2D eigenvalue weighted by atomic mass is 16.6. The van der Waals surface area contributed by atoms with E-state index >= 15 is 0 Å². The molecule has 0 radical (unpaired) electrons. The summed E-state index contributed by atoms with van der Waals surface area (Å²) >= 11 is 0. The standard InChI is InChI=1S/C14H17NO2/c1-11-7-5-6-10-13(11)17-14(16)15-12-8-3-2-4-9-12/h2-4,7-9,13H,5-6,10H2,1H3,(H,15,16)/t13-/m1/s1. The smallest absolute Gasteiger partial charge is 0.412 e. The molecule has 3 heteroatoms. The number of hydrogen-bond donors (Lipinski definition) is 1. The Morgan fingerprint density at radius 2 is 2.12 bits per heavy atom. The van der Waals surface area contributed by atoms with E-state index in [0.717, 1.165) is 30.5 Å². The van der Waals surface area contributed by atoms with Gasteiger partial charge in [0.05, 0.1) is 0 Å². The number of carbonyl (C=O) groups is 1. The van der Waals surface area contributed by atoms with E-state index in [2.05, 4.69) is 11.4 Å². The molecule has 0 aliphatic heterocycles. The van der Waals surface area contributed by atoms with Crippen molar-refractivity contribution >= 4 is 11.8 Å². The van der Waals surface area contributed by atoms with Crippen molar-refractivity contribution in [1.29, 1.82) is 0 Å². The van der Waals surface area contributed by atoms with Gasteiger partial charge in [0.2, 0.25) is 0 Å². The Kier molecular flexibility index (Phi) is 3.81. The topological polar surface area (TPSA) is 38.3 Å². The van der Waals surface area contributed by atoms with Crippen LogP contribution in [0.2, 0.25) is 0 Å². The fraction of sp³-hybridized carbons (Fsp3) is 0.357. The van der Waals surface area contributed by atoms with Crippen molar-refractivity contribution in [3.63, 3.8) is 0 Å². The molecule has 0 saturated heterocycles. The molecule has 0 saturated carbocycles. The van der Waals surface area contributed by atoms with E-state index in [1.807, 2.05) is 37.3 Å². The van der Waals surface area contributed by atoms with E-state index in [0.29, 0.717) is 0 Å². The molecule has 1 aliphatic carbocycles. The minimum Gasteiger partial charge on any atom is -0.441 e. The molecule has 0 aromatic heterocycles.